The number of pyridine rings is 5. The van der Waals surface area contributed by atoms with Gasteiger partial charge in [-0.1, -0.05) is 54.6 Å². The van der Waals surface area contributed by atoms with Crippen LogP contribution in [-0.2, 0) is 20.1 Å². The minimum atomic E-state index is -1.24. The molecule has 0 aliphatic rings. The van der Waals surface area contributed by atoms with Gasteiger partial charge in [-0.05, 0) is 60.7 Å². The molecule has 51 heavy (non-hydrogen) atoms. The van der Waals surface area contributed by atoms with E-state index in [2.05, 4.69) is 31.0 Å². The Bertz CT molecular complexity index is 1770. The van der Waals surface area contributed by atoms with E-state index in [-0.39, 0.29) is 42.9 Å². The minimum Gasteiger partial charge on any atom is -0.543 e. The number of aromatic carboxylic acids is 4. The molecule has 0 amide bonds. The average molecular weight is 861 g/mol. The molecule has 0 saturated carbocycles. The van der Waals surface area contributed by atoms with Crippen molar-refractivity contribution in [2.24, 2.45) is 0 Å². The molecule has 15 heteroatoms. The summed E-state index contributed by atoms with van der Waals surface area (Å²) in [4.78, 5) is 58.4. The molecule has 0 aliphatic carbocycles. The molecule has 0 spiro atoms. The zero-order valence-electron chi connectivity index (χ0n) is 26.1. The number of hydrogen-bond donors (Lipinski definition) is 0. The summed E-state index contributed by atoms with van der Waals surface area (Å²) in [6.45, 7) is 0. The van der Waals surface area contributed by atoms with Crippen LogP contribution in [0.1, 0.15) is 47.5 Å². The van der Waals surface area contributed by atoms with Crippen molar-refractivity contribution in [1.29, 1.82) is 5.26 Å². The summed E-state index contributed by atoms with van der Waals surface area (Å²) in [6.07, 6.45) is 7.33. The van der Waals surface area contributed by atoms with Crippen molar-refractivity contribution in [2.75, 3.05) is 0 Å². The van der Waals surface area contributed by atoms with Gasteiger partial charge in [0.2, 0.25) is 0 Å². The van der Waals surface area contributed by atoms with Crippen LogP contribution in [-0.4, -0.2) is 48.8 Å². The molecule has 0 aliphatic heterocycles. The number of rotatable bonds is 5. The van der Waals surface area contributed by atoms with Crippen LogP contribution in [0.3, 0.4) is 0 Å². The van der Waals surface area contributed by atoms with E-state index in [9.17, 15) is 39.6 Å². The third kappa shape index (κ3) is 16.6. The summed E-state index contributed by atoms with van der Waals surface area (Å²) < 4.78 is 0. The first-order valence-electron chi connectivity index (χ1n) is 14.0. The molecule has 0 fully saturated rings. The van der Waals surface area contributed by atoms with Crippen LogP contribution in [0.2, 0.25) is 0 Å². The number of carboxylic acids is 4. The van der Waals surface area contributed by atoms with Crippen LogP contribution in [0.5, 0.6) is 0 Å². The fourth-order valence-corrected chi connectivity index (χ4v) is 3.26. The van der Waals surface area contributed by atoms with Crippen molar-refractivity contribution in [3.8, 4) is 17.3 Å². The van der Waals surface area contributed by atoms with Gasteiger partial charge in [0.1, 0.15) is 6.07 Å². The van der Waals surface area contributed by atoms with Crippen molar-refractivity contribution < 1.29 is 59.7 Å². The number of benzene rings is 1. The Balaban J connectivity index is 0.000000322. The van der Waals surface area contributed by atoms with Gasteiger partial charge in [-0.25, -0.2) is 0 Å². The Labute approximate surface area is 304 Å². The molecule has 6 aromatic rings. The van der Waals surface area contributed by atoms with Gasteiger partial charge in [0, 0.05) is 56.7 Å². The quantitative estimate of drug-likeness (QED) is 0.228. The molecule has 0 saturated heterocycles. The zero-order chi connectivity index (χ0) is 36.6. The third-order valence-corrected chi connectivity index (χ3v) is 5.47. The summed E-state index contributed by atoms with van der Waals surface area (Å²) in [5, 5.41) is 49.0. The minimum absolute atomic E-state index is 0. The summed E-state index contributed by atoms with van der Waals surface area (Å²) in [5.74, 6) is -4.96. The second-order valence-corrected chi connectivity index (χ2v) is 8.89. The van der Waals surface area contributed by atoms with E-state index in [1.807, 2.05) is 30.3 Å². The molecule has 6 rings (SSSR count). The second-order valence-electron chi connectivity index (χ2n) is 8.89. The molecule has 0 N–H and O–H groups in total. The topological polar surface area (TPSA) is 249 Å². The Morgan fingerprint density at radius 3 is 1.00 bits per heavy atom. The Morgan fingerprint density at radius 2 is 0.745 bits per heavy atom. The van der Waals surface area contributed by atoms with Crippen molar-refractivity contribution in [3.63, 3.8) is 0 Å². The Hall–Kier alpha value is -7.01. The normalized spacial score (nSPS) is 8.84. The van der Waals surface area contributed by atoms with Gasteiger partial charge >= 0.3 is 0 Å². The van der Waals surface area contributed by atoms with Crippen molar-refractivity contribution >= 4 is 23.9 Å². The summed E-state index contributed by atoms with van der Waals surface area (Å²) in [7, 11) is 0. The number of carboxylic acid groups (broad SMARTS) is 4. The number of carbonyl (C=O) groups is 4. The smallest absolute Gasteiger partial charge is 0.101 e. The van der Waals surface area contributed by atoms with Gasteiger partial charge in [-0.15, -0.1) is 0 Å². The molecular formula is C36H24IrN6O8-4. The number of nitriles is 1. The second kappa shape index (κ2) is 24.2. The predicted molar refractivity (Wildman–Crippen MR) is 169 cm³/mol. The third-order valence-electron chi connectivity index (χ3n) is 5.47. The maximum atomic E-state index is 10.0. The van der Waals surface area contributed by atoms with E-state index in [1.54, 1.807) is 66.9 Å². The fourth-order valence-electron chi connectivity index (χ4n) is 3.26. The van der Waals surface area contributed by atoms with Crippen molar-refractivity contribution in [1.82, 2.24) is 24.9 Å². The summed E-state index contributed by atoms with van der Waals surface area (Å²) in [6, 6.07) is 33.9. The van der Waals surface area contributed by atoms with Gasteiger partial charge in [-0.2, -0.15) is 5.26 Å². The Kier molecular flexibility index (Phi) is 19.9. The van der Waals surface area contributed by atoms with Gasteiger partial charge in [-0.3, -0.25) is 24.9 Å². The average Bonchev–Trinajstić information content (AvgIpc) is 3.17. The maximum absolute atomic E-state index is 10.0. The van der Waals surface area contributed by atoms with Gasteiger partial charge < -0.3 is 39.6 Å². The summed E-state index contributed by atoms with van der Waals surface area (Å²) in [5.41, 5.74) is 2.21. The monoisotopic (exact) mass is 861 g/mol. The van der Waals surface area contributed by atoms with Gasteiger partial charge in [0.05, 0.1) is 57.9 Å². The van der Waals surface area contributed by atoms with E-state index in [0.29, 0.717) is 5.56 Å². The van der Waals surface area contributed by atoms with E-state index >= 15 is 0 Å². The first-order valence-corrected chi connectivity index (χ1v) is 14.0. The van der Waals surface area contributed by atoms with E-state index < -0.39 is 23.9 Å². The Morgan fingerprint density at radius 1 is 0.431 bits per heavy atom. The standard InChI is InChI=1S/C12H8N2.4C6H5NO2.Ir/c13-9-11-7-4-8-14-12(11)10-5-2-1-3-6-10;4*8-6(9)5-3-1-2-4-7-5;/h1-8H;4*1-4H,(H,8,9);/p-4. The van der Waals surface area contributed by atoms with Crippen LogP contribution in [0.15, 0.2) is 146 Å². The predicted octanol–water partition coefficient (Wildman–Crippen LogP) is 0.398. The van der Waals surface area contributed by atoms with Crippen molar-refractivity contribution in [3.05, 3.63) is 175 Å². The molecule has 0 atom stereocenters. The largest absolute Gasteiger partial charge is 0.543 e. The molecule has 259 valence electrons. The van der Waals surface area contributed by atoms with E-state index in [1.165, 1.54) is 49.1 Å². The first-order chi connectivity index (χ1) is 24.1. The number of nitrogens with zero attached hydrogens (tertiary/aromatic N) is 6. The molecule has 5 aromatic heterocycles. The van der Waals surface area contributed by atoms with E-state index in [0.717, 1.165) is 11.3 Å². The SMILES string of the molecule is N#Cc1cccnc1-c1ccccc1.O=C([O-])c1ccccn1.O=C([O-])c1ccccn1.O=C([O-])c1ccccn1.O=C([O-])c1ccccn1.[Ir]. The molecule has 1 aromatic carbocycles. The van der Waals surface area contributed by atoms with Gasteiger partial charge in [0.25, 0.3) is 0 Å². The number of carbonyl (C=O) groups excluding carboxylic acids is 4. The van der Waals surface area contributed by atoms with Crippen LogP contribution in [0.25, 0.3) is 11.3 Å². The van der Waals surface area contributed by atoms with E-state index in [4.69, 9.17) is 5.26 Å². The summed E-state index contributed by atoms with van der Waals surface area (Å²) >= 11 is 0. The number of aromatic nitrogens is 5. The maximum Gasteiger partial charge on any atom is 0.101 e. The molecule has 0 unspecified atom stereocenters. The molecule has 14 nitrogen and oxygen atoms in total. The van der Waals surface area contributed by atoms with Crippen LogP contribution in [0.4, 0.5) is 0 Å². The first kappa shape index (κ1) is 42.0. The van der Waals surface area contributed by atoms with Crippen LogP contribution in [0, 0.1) is 11.3 Å². The number of hydrogen-bond acceptors (Lipinski definition) is 14. The molecular weight excluding hydrogens is 837 g/mol. The zero-order valence-corrected chi connectivity index (χ0v) is 28.5. The van der Waals surface area contributed by atoms with Crippen LogP contribution < -0.4 is 20.4 Å². The van der Waals surface area contributed by atoms with Gasteiger partial charge in [0.15, 0.2) is 0 Å². The van der Waals surface area contributed by atoms with Crippen LogP contribution >= 0.6 is 0 Å². The van der Waals surface area contributed by atoms with Crippen molar-refractivity contribution in [2.45, 2.75) is 0 Å². The molecule has 5 heterocycles. The fraction of sp³-hybridized carbons (Fsp3) is 0. The molecule has 0 bridgehead atoms. The molecule has 1 radical (unpaired) electrons.